The van der Waals surface area contributed by atoms with Gasteiger partial charge in [0.05, 0.1) is 12.2 Å². The number of pyridine rings is 1. The van der Waals surface area contributed by atoms with Gasteiger partial charge in [0.25, 0.3) is 0 Å². The molecule has 3 aromatic rings. The Hall–Kier alpha value is -2.56. The lowest BCUT2D eigenvalue weighted by Gasteiger charge is -2.09. The van der Waals surface area contributed by atoms with E-state index in [9.17, 15) is 0 Å². The SMILES string of the molecule is Cc1ccc(CNc2cccnc2-n2cccn2)o1. The van der Waals surface area contributed by atoms with E-state index in [2.05, 4.69) is 15.4 Å². The highest BCUT2D eigenvalue weighted by atomic mass is 16.3. The lowest BCUT2D eigenvalue weighted by molar-refractivity contribution is 0.490. The van der Waals surface area contributed by atoms with Crippen molar-refractivity contribution < 1.29 is 4.42 Å². The molecule has 3 rings (SSSR count). The molecular formula is C14H14N4O. The van der Waals surface area contributed by atoms with E-state index in [4.69, 9.17) is 4.42 Å². The van der Waals surface area contributed by atoms with Crippen molar-refractivity contribution in [2.24, 2.45) is 0 Å². The molecule has 0 saturated carbocycles. The number of anilines is 1. The molecule has 3 aromatic heterocycles. The molecule has 1 N–H and O–H groups in total. The average Bonchev–Trinajstić information content (AvgIpc) is 3.08. The first-order valence-electron chi connectivity index (χ1n) is 6.07. The van der Waals surface area contributed by atoms with Gasteiger partial charge in [-0.25, -0.2) is 9.67 Å². The third-order valence-electron chi connectivity index (χ3n) is 2.76. The molecule has 0 aromatic carbocycles. The Morgan fingerprint density at radius 1 is 1.21 bits per heavy atom. The van der Waals surface area contributed by atoms with Gasteiger partial charge in [-0.05, 0) is 37.3 Å². The van der Waals surface area contributed by atoms with Crippen LogP contribution >= 0.6 is 0 Å². The van der Waals surface area contributed by atoms with Crippen LogP contribution in [0.3, 0.4) is 0 Å². The molecule has 0 bridgehead atoms. The summed E-state index contributed by atoms with van der Waals surface area (Å²) in [6, 6.07) is 9.65. The third-order valence-corrected chi connectivity index (χ3v) is 2.76. The Kier molecular flexibility index (Phi) is 3.02. The maximum absolute atomic E-state index is 5.53. The lowest BCUT2D eigenvalue weighted by atomic mass is 10.3. The molecule has 0 amide bonds. The summed E-state index contributed by atoms with van der Waals surface area (Å²) < 4.78 is 7.26. The third kappa shape index (κ3) is 2.49. The summed E-state index contributed by atoms with van der Waals surface area (Å²) in [5.41, 5.74) is 0.917. The van der Waals surface area contributed by atoms with Crippen molar-refractivity contribution in [3.05, 3.63) is 60.4 Å². The van der Waals surface area contributed by atoms with Crippen molar-refractivity contribution in [3.8, 4) is 5.82 Å². The molecule has 0 aliphatic heterocycles. The van der Waals surface area contributed by atoms with E-state index in [1.54, 1.807) is 17.1 Å². The summed E-state index contributed by atoms with van der Waals surface area (Å²) in [5, 5.41) is 7.51. The minimum absolute atomic E-state index is 0.619. The zero-order chi connectivity index (χ0) is 13.1. The Balaban J connectivity index is 1.81. The highest BCUT2D eigenvalue weighted by Gasteiger charge is 2.06. The maximum Gasteiger partial charge on any atom is 0.176 e. The minimum Gasteiger partial charge on any atom is -0.465 e. The largest absolute Gasteiger partial charge is 0.465 e. The zero-order valence-electron chi connectivity index (χ0n) is 10.6. The number of nitrogens with one attached hydrogen (secondary N) is 1. The number of aryl methyl sites for hydroxylation is 1. The topological polar surface area (TPSA) is 55.9 Å². The monoisotopic (exact) mass is 254 g/mol. The highest BCUT2D eigenvalue weighted by Crippen LogP contribution is 2.17. The zero-order valence-corrected chi connectivity index (χ0v) is 10.6. The van der Waals surface area contributed by atoms with Crippen LogP contribution in [0.4, 0.5) is 5.69 Å². The first-order chi connectivity index (χ1) is 9.33. The van der Waals surface area contributed by atoms with Gasteiger partial charge in [0.15, 0.2) is 5.82 Å². The predicted octanol–water partition coefficient (Wildman–Crippen LogP) is 2.78. The molecule has 0 radical (unpaired) electrons. The summed E-state index contributed by atoms with van der Waals surface area (Å²) in [7, 11) is 0. The van der Waals surface area contributed by atoms with Crippen molar-refractivity contribution in [1.82, 2.24) is 14.8 Å². The summed E-state index contributed by atoms with van der Waals surface area (Å²) in [4.78, 5) is 4.35. The standard InChI is InChI=1S/C14H14N4O/c1-11-5-6-12(19-11)10-16-13-4-2-7-15-14(13)18-9-3-8-17-18/h2-9,16H,10H2,1H3. The molecule has 19 heavy (non-hydrogen) atoms. The molecule has 0 atom stereocenters. The van der Waals surface area contributed by atoms with E-state index in [1.165, 1.54) is 0 Å². The molecule has 0 aliphatic rings. The average molecular weight is 254 g/mol. The van der Waals surface area contributed by atoms with Crippen LogP contribution in [-0.4, -0.2) is 14.8 Å². The smallest absolute Gasteiger partial charge is 0.176 e. The van der Waals surface area contributed by atoms with E-state index in [0.29, 0.717) is 6.54 Å². The number of aromatic nitrogens is 3. The van der Waals surface area contributed by atoms with Gasteiger partial charge in [0.2, 0.25) is 0 Å². The lowest BCUT2D eigenvalue weighted by Crippen LogP contribution is -2.06. The fraction of sp³-hybridized carbons (Fsp3) is 0.143. The quantitative estimate of drug-likeness (QED) is 0.777. The van der Waals surface area contributed by atoms with Crippen LogP contribution < -0.4 is 5.32 Å². The van der Waals surface area contributed by atoms with Gasteiger partial charge in [-0.2, -0.15) is 5.10 Å². The first kappa shape index (κ1) is 11.5. The number of hydrogen-bond donors (Lipinski definition) is 1. The second-order valence-electron chi connectivity index (χ2n) is 4.19. The molecule has 96 valence electrons. The fourth-order valence-corrected chi connectivity index (χ4v) is 1.87. The predicted molar refractivity (Wildman–Crippen MR) is 72.1 cm³/mol. The molecule has 5 nitrogen and oxygen atoms in total. The normalized spacial score (nSPS) is 10.6. The molecule has 0 fully saturated rings. The van der Waals surface area contributed by atoms with Crippen LogP contribution in [0, 0.1) is 6.92 Å². The van der Waals surface area contributed by atoms with Crippen molar-refractivity contribution in [3.63, 3.8) is 0 Å². The van der Waals surface area contributed by atoms with Gasteiger partial charge in [-0.1, -0.05) is 0 Å². The van der Waals surface area contributed by atoms with E-state index in [-0.39, 0.29) is 0 Å². The van der Waals surface area contributed by atoms with Crippen molar-refractivity contribution in [2.75, 3.05) is 5.32 Å². The van der Waals surface area contributed by atoms with Gasteiger partial charge < -0.3 is 9.73 Å². The Morgan fingerprint density at radius 3 is 2.89 bits per heavy atom. The minimum atomic E-state index is 0.619. The molecule has 5 heteroatoms. The van der Waals surface area contributed by atoms with Crippen LogP contribution in [0.15, 0.2) is 53.3 Å². The molecule has 0 unspecified atom stereocenters. The van der Waals surface area contributed by atoms with Crippen molar-refractivity contribution in [2.45, 2.75) is 13.5 Å². The second kappa shape index (κ2) is 4.97. The van der Waals surface area contributed by atoms with Gasteiger partial charge in [0.1, 0.15) is 11.5 Å². The van der Waals surface area contributed by atoms with Gasteiger partial charge >= 0.3 is 0 Å². The summed E-state index contributed by atoms with van der Waals surface area (Å²) in [5.74, 6) is 2.58. The Morgan fingerprint density at radius 2 is 2.16 bits per heavy atom. The number of rotatable bonds is 4. The van der Waals surface area contributed by atoms with E-state index in [0.717, 1.165) is 23.0 Å². The Bertz CT molecular complexity index is 658. The number of hydrogen-bond acceptors (Lipinski definition) is 4. The van der Waals surface area contributed by atoms with E-state index in [1.807, 2.05) is 43.5 Å². The van der Waals surface area contributed by atoms with Crippen LogP contribution in [0.1, 0.15) is 11.5 Å². The molecular weight excluding hydrogens is 240 g/mol. The van der Waals surface area contributed by atoms with Crippen molar-refractivity contribution in [1.29, 1.82) is 0 Å². The van der Waals surface area contributed by atoms with Gasteiger partial charge in [-0.15, -0.1) is 0 Å². The Labute approximate surface area is 110 Å². The van der Waals surface area contributed by atoms with E-state index >= 15 is 0 Å². The number of nitrogens with zero attached hydrogens (tertiary/aromatic N) is 3. The fourth-order valence-electron chi connectivity index (χ4n) is 1.87. The van der Waals surface area contributed by atoms with Gasteiger partial charge in [-0.3, -0.25) is 0 Å². The maximum atomic E-state index is 5.53. The first-order valence-corrected chi connectivity index (χ1v) is 6.07. The number of furan rings is 1. The molecule has 0 saturated heterocycles. The summed E-state index contributed by atoms with van der Waals surface area (Å²) in [6.45, 7) is 2.55. The second-order valence-corrected chi connectivity index (χ2v) is 4.19. The van der Waals surface area contributed by atoms with Crippen LogP contribution in [0.2, 0.25) is 0 Å². The highest BCUT2D eigenvalue weighted by molar-refractivity contribution is 5.56. The summed E-state index contributed by atoms with van der Waals surface area (Å²) in [6.07, 6.45) is 5.35. The molecule has 3 heterocycles. The molecule has 0 aliphatic carbocycles. The van der Waals surface area contributed by atoms with Gasteiger partial charge in [0, 0.05) is 18.6 Å². The van der Waals surface area contributed by atoms with Crippen LogP contribution in [0.25, 0.3) is 5.82 Å². The van der Waals surface area contributed by atoms with Crippen LogP contribution in [-0.2, 0) is 6.54 Å². The van der Waals surface area contributed by atoms with Crippen molar-refractivity contribution >= 4 is 5.69 Å². The van der Waals surface area contributed by atoms with E-state index < -0.39 is 0 Å². The van der Waals surface area contributed by atoms with Crippen LogP contribution in [0.5, 0.6) is 0 Å². The molecule has 0 spiro atoms. The summed E-state index contributed by atoms with van der Waals surface area (Å²) >= 11 is 0.